The third-order valence-corrected chi connectivity index (χ3v) is 8.55. The second kappa shape index (κ2) is 33.4. The second-order valence-corrected chi connectivity index (χ2v) is 13.0. The second-order valence-electron chi connectivity index (χ2n) is 12.0. The molecule has 4 nitrogen and oxygen atoms in total. The molecular formula is C33H67NaO4S. The molecule has 0 saturated heterocycles. The molecule has 0 saturated carbocycles. The Labute approximate surface area is 268 Å². The van der Waals surface area contributed by atoms with Gasteiger partial charge in [0.05, 0.1) is 6.61 Å². The van der Waals surface area contributed by atoms with E-state index in [2.05, 4.69) is 18.0 Å². The summed E-state index contributed by atoms with van der Waals surface area (Å²) >= 11 is 0. The zero-order valence-electron chi connectivity index (χ0n) is 26.8. The van der Waals surface area contributed by atoms with Gasteiger partial charge in [0.15, 0.2) is 0 Å². The van der Waals surface area contributed by atoms with E-state index in [-0.39, 0.29) is 42.1 Å². The summed E-state index contributed by atoms with van der Waals surface area (Å²) in [4.78, 5) is 0. The van der Waals surface area contributed by atoms with Gasteiger partial charge in [-0.2, -0.15) is 0 Å². The van der Waals surface area contributed by atoms with Gasteiger partial charge in [-0.15, -0.1) is 0 Å². The van der Waals surface area contributed by atoms with Crippen LogP contribution in [0, 0.1) is 5.92 Å². The SMILES string of the molecule is CCCCCCCCCCCCCCCCCCC(CCCCCCCCCCCCC)COS(=O)(=O)[O-].[Na+]. The van der Waals surface area contributed by atoms with Gasteiger partial charge in [-0.05, 0) is 18.8 Å². The number of rotatable bonds is 32. The summed E-state index contributed by atoms with van der Waals surface area (Å²) in [5.74, 6) is 0.198. The average Bonchev–Trinajstić information content (AvgIpc) is 2.89. The molecule has 230 valence electrons. The molecule has 0 aliphatic heterocycles. The summed E-state index contributed by atoms with van der Waals surface area (Å²) < 4.78 is 37.5. The van der Waals surface area contributed by atoms with E-state index in [1.165, 1.54) is 161 Å². The average molecular weight is 583 g/mol. The van der Waals surface area contributed by atoms with Gasteiger partial charge in [-0.3, -0.25) is 4.18 Å². The van der Waals surface area contributed by atoms with Gasteiger partial charge in [0.1, 0.15) is 0 Å². The third-order valence-electron chi connectivity index (χ3n) is 8.13. The minimum atomic E-state index is -4.58. The van der Waals surface area contributed by atoms with Gasteiger partial charge in [0.25, 0.3) is 0 Å². The maximum Gasteiger partial charge on any atom is 1.00 e. The van der Waals surface area contributed by atoms with Crippen molar-refractivity contribution in [2.45, 2.75) is 200 Å². The Morgan fingerprint density at radius 3 is 0.923 bits per heavy atom. The van der Waals surface area contributed by atoms with Gasteiger partial charge < -0.3 is 4.55 Å². The van der Waals surface area contributed by atoms with Gasteiger partial charge in [0.2, 0.25) is 10.4 Å². The number of hydrogen-bond donors (Lipinski definition) is 0. The van der Waals surface area contributed by atoms with E-state index in [4.69, 9.17) is 0 Å². The molecule has 0 rings (SSSR count). The van der Waals surface area contributed by atoms with Gasteiger partial charge >= 0.3 is 29.6 Å². The van der Waals surface area contributed by atoms with Crippen LogP contribution in [0.15, 0.2) is 0 Å². The predicted molar refractivity (Wildman–Crippen MR) is 164 cm³/mol. The Hall–Kier alpha value is 0.870. The Balaban J connectivity index is 0. The summed E-state index contributed by atoms with van der Waals surface area (Å²) in [5, 5.41) is 0. The molecule has 0 aliphatic carbocycles. The molecule has 0 N–H and O–H groups in total. The predicted octanol–water partition coefficient (Wildman–Crippen LogP) is 8.44. The smallest absolute Gasteiger partial charge is 0.726 e. The quantitative estimate of drug-likeness (QED) is 0.0345. The molecule has 0 aromatic heterocycles. The number of unbranched alkanes of at least 4 members (excludes halogenated alkanes) is 25. The largest absolute Gasteiger partial charge is 1.00 e. The molecule has 0 bridgehead atoms. The van der Waals surface area contributed by atoms with E-state index in [0.29, 0.717) is 0 Å². The standard InChI is InChI=1S/C33H68O4S.Na/c1-3-5-7-9-11-13-15-16-17-18-19-21-23-25-27-29-31-33(32-37-38(34,35)36)30-28-26-24-22-20-14-12-10-8-6-4-2;/h33H,3-32H2,1-2H3,(H,34,35,36);/q;+1/p-1. The molecule has 0 heterocycles. The summed E-state index contributed by atoms with van der Waals surface area (Å²) in [6.07, 6.45) is 38.1. The van der Waals surface area contributed by atoms with Crippen molar-refractivity contribution in [3.8, 4) is 0 Å². The molecule has 0 amide bonds. The van der Waals surface area contributed by atoms with Crippen LogP contribution in [0.3, 0.4) is 0 Å². The minimum Gasteiger partial charge on any atom is -0.726 e. The molecule has 0 aromatic carbocycles. The Morgan fingerprint density at radius 1 is 0.462 bits per heavy atom. The summed E-state index contributed by atoms with van der Waals surface area (Å²) in [6, 6.07) is 0. The Kier molecular flexibility index (Phi) is 35.9. The van der Waals surface area contributed by atoms with Crippen molar-refractivity contribution >= 4 is 10.4 Å². The fourth-order valence-corrected chi connectivity index (χ4v) is 5.93. The van der Waals surface area contributed by atoms with Gasteiger partial charge in [-0.1, -0.05) is 187 Å². The fraction of sp³-hybridized carbons (Fsp3) is 1.00. The maximum atomic E-state index is 10.9. The summed E-state index contributed by atoms with van der Waals surface area (Å²) in [6.45, 7) is 4.61. The maximum absolute atomic E-state index is 10.9. The molecule has 0 aliphatic rings. The topological polar surface area (TPSA) is 66.4 Å². The summed E-state index contributed by atoms with van der Waals surface area (Å²) in [7, 11) is -4.58. The monoisotopic (exact) mass is 582 g/mol. The summed E-state index contributed by atoms with van der Waals surface area (Å²) in [5.41, 5.74) is 0. The van der Waals surface area contributed by atoms with Crippen LogP contribution in [0.1, 0.15) is 200 Å². The molecule has 0 aromatic rings. The van der Waals surface area contributed by atoms with Crippen molar-refractivity contribution in [2.24, 2.45) is 5.92 Å². The molecule has 39 heavy (non-hydrogen) atoms. The Morgan fingerprint density at radius 2 is 0.692 bits per heavy atom. The van der Waals surface area contributed by atoms with Crippen molar-refractivity contribution in [3.05, 3.63) is 0 Å². The van der Waals surface area contributed by atoms with E-state index in [1.54, 1.807) is 0 Å². The molecule has 6 heteroatoms. The van der Waals surface area contributed by atoms with Crippen LogP contribution in [0.2, 0.25) is 0 Å². The molecular weight excluding hydrogens is 515 g/mol. The third kappa shape index (κ3) is 36.8. The fourth-order valence-electron chi connectivity index (χ4n) is 5.57. The number of hydrogen-bond acceptors (Lipinski definition) is 4. The zero-order chi connectivity index (χ0) is 28.0. The van der Waals surface area contributed by atoms with Crippen molar-refractivity contribution < 1.29 is 46.7 Å². The van der Waals surface area contributed by atoms with Crippen LogP contribution in [-0.4, -0.2) is 19.6 Å². The molecule has 1 unspecified atom stereocenters. The normalized spacial score (nSPS) is 12.5. The van der Waals surface area contributed by atoms with Crippen LogP contribution in [0.4, 0.5) is 0 Å². The van der Waals surface area contributed by atoms with Crippen LogP contribution in [0.25, 0.3) is 0 Å². The first kappa shape index (κ1) is 42.0. The first-order chi connectivity index (χ1) is 18.5. The van der Waals surface area contributed by atoms with Gasteiger partial charge in [-0.25, -0.2) is 8.42 Å². The first-order valence-electron chi connectivity index (χ1n) is 17.1. The van der Waals surface area contributed by atoms with Crippen LogP contribution < -0.4 is 29.6 Å². The van der Waals surface area contributed by atoms with Crippen LogP contribution in [0.5, 0.6) is 0 Å². The van der Waals surface area contributed by atoms with E-state index in [0.717, 1.165) is 25.7 Å². The molecule has 0 fully saturated rings. The first-order valence-corrected chi connectivity index (χ1v) is 18.4. The van der Waals surface area contributed by atoms with E-state index < -0.39 is 10.4 Å². The van der Waals surface area contributed by atoms with E-state index >= 15 is 0 Å². The van der Waals surface area contributed by atoms with E-state index in [9.17, 15) is 13.0 Å². The van der Waals surface area contributed by atoms with Crippen molar-refractivity contribution in [3.63, 3.8) is 0 Å². The van der Waals surface area contributed by atoms with Crippen LogP contribution >= 0.6 is 0 Å². The van der Waals surface area contributed by atoms with Crippen molar-refractivity contribution in [1.82, 2.24) is 0 Å². The van der Waals surface area contributed by atoms with Crippen molar-refractivity contribution in [2.75, 3.05) is 6.61 Å². The molecule has 0 spiro atoms. The molecule has 1 atom stereocenters. The van der Waals surface area contributed by atoms with Crippen LogP contribution in [-0.2, 0) is 14.6 Å². The zero-order valence-corrected chi connectivity index (χ0v) is 29.6. The van der Waals surface area contributed by atoms with E-state index in [1.807, 2.05) is 0 Å². The molecule has 0 radical (unpaired) electrons. The Bertz CT molecular complexity index is 556. The van der Waals surface area contributed by atoms with Crippen molar-refractivity contribution in [1.29, 1.82) is 0 Å². The minimum absolute atomic E-state index is 0. The van der Waals surface area contributed by atoms with Gasteiger partial charge in [0, 0.05) is 0 Å².